The average Bonchev–Trinajstić information content (AvgIpc) is 2.97. The van der Waals surface area contributed by atoms with Gasteiger partial charge in [-0.15, -0.1) is 0 Å². The lowest BCUT2D eigenvalue weighted by Crippen LogP contribution is -2.51. The number of hydrogen-bond donors (Lipinski definition) is 1. The van der Waals surface area contributed by atoms with Crippen molar-refractivity contribution in [3.05, 3.63) is 29.6 Å². The van der Waals surface area contributed by atoms with E-state index in [2.05, 4.69) is 11.8 Å². The van der Waals surface area contributed by atoms with Gasteiger partial charge in [-0.25, -0.2) is 4.39 Å². The predicted octanol–water partition coefficient (Wildman–Crippen LogP) is 3.32. The minimum absolute atomic E-state index is 0.104. The molecule has 2 rings (SSSR count). The molecule has 1 aromatic rings. The summed E-state index contributed by atoms with van der Waals surface area (Å²) in [5.74, 6) is 0.00913. The number of rotatable bonds is 7. The van der Waals surface area contributed by atoms with Crippen molar-refractivity contribution in [1.29, 1.82) is 0 Å². The summed E-state index contributed by atoms with van der Waals surface area (Å²) in [5, 5.41) is 0. The normalized spacial score (nSPS) is 17.4. The molecule has 0 atom stereocenters. The van der Waals surface area contributed by atoms with Gasteiger partial charge in [-0.2, -0.15) is 0 Å². The topological polar surface area (TPSA) is 38.5 Å². The molecule has 3 nitrogen and oxygen atoms in total. The minimum Gasteiger partial charge on any atom is -0.494 e. The first-order chi connectivity index (χ1) is 10.1. The Balaban J connectivity index is 2.17. The van der Waals surface area contributed by atoms with E-state index in [-0.39, 0.29) is 11.4 Å². The van der Waals surface area contributed by atoms with Gasteiger partial charge in [-0.3, -0.25) is 4.90 Å². The second-order valence-electron chi connectivity index (χ2n) is 6.03. The van der Waals surface area contributed by atoms with Gasteiger partial charge in [0.05, 0.1) is 7.11 Å². The standard InChI is InChI=1S/C17H27FN2O/c1-3-10-20(17(13-19)8-4-5-9-17)12-14-6-7-16(21-2)15(18)11-14/h6-7,11H,3-5,8-10,12-13,19H2,1-2H3. The molecule has 2 N–H and O–H groups in total. The molecule has 1 saturated carbocycles. The van der Waals surface area contributed by atoms with Crippen LogP contribution < -0.4 is 10.5 Å². The van der Waals surface area contributed by atoms with E-state index >= 15 is 0 Å². The Morgan fingerprint density at radius 2 is 2.05 bits per heavy atom. The molecule has 1 aliphatic carbocycles. The van der Waals surface area contributed by atoms with Gasteiger partial charge in [-0.05, 0) is 43.5 Å². The van der Waals surface area contributed by atoms with Crippen molar-refractivity contribution in [3.63, 3.8) is 0 Å². The molecular formula is C17H27FN2O. The number of halogens is 1. The van der Waals surface area contributed by atoms with E-state index in [0.717, 1.165) is 37.9 Å². The number of nitrogens with two attached hydrogens (primary N) is 1. The molecule has 21 heavy (non-hydrogen) atoms. The van der Waals surface area contributed by atoms with E-state index in [1.54, 1.807) is 12.1 Å². The van der Waals surface area contributed by atoms with Gasteiger partial charge in [0, 0.05) is 18.6 Å². The molecule has 0 aromatic heterocycles. The third-order valence-corrected chi connectivity index (χ3v) is 4.67. The Kier molecular flexibility index (Phi) is 5.59. The second kappa shape index (κ2) is 7.23. The lowest BCUT2D eigenvalue weighted by Gasteiger charge is -2.41. The van der Waals surface area contributed by atoms with Crippen molar-refractivity contribution in [1.82, 2.24) is 4.90 Å². The molecule has 4 heteroatoms. The summed E-state index contributed by atoms with van der Waals surface area (Å²) in [6, 6.07) is 5.24. The fourth-order valence-electron chi connectivity index (χ4n) is 3.47. The number of ether oxygens (including phenoxy) is 1. The molecular weight excluding hydrogens is 267 g/mol. The molecule has 1 fully saturated rings. The van der Waals surface area contributed by atoms with Crippen LogP contribution >= 0.6 is 0 Å². The van der Waals surface area contributed by atoms with Crippen molar-refractivity contribution in [2.45, 2.75) is 51.1 Å². The van der Waals surface area contributed by atoms with Crippen LogP contribution in [0.3, 0.4) is 0 Å². The van der Waals surface area contributed by atoms with E-state index in [1.165, 1.54) is 20.0 Å². The zero-order valence-corrected chi connectivity index (χ0v) is 13.2. The summed E-state index contributed by atoms with van der Waals surface area (Å²) >= 11 is 0. The van der Waals surface area contributed by atoms with Crippen molar-refractivity contribution in [3.8, 4) is 5.75 Å². The Hall–Kier alpha value is -1.13. The van der Waals surface area contributed by atoms with Gasteiger partial charge in [0.15, 0.2) is 11.6 Å². The Morgan fingerprint density at radius 3 is 2.57 bits per heavy atom. The van der Waals surface area contributed by atoms with Crippen LogP contribution in [0.15, 0.2) is 18.2 Å². The third-order valence-electron chi connectivity index (χ3n) is 4.67. The lowest BCUT2D eigenvalue weighted by molar-refractivity contribution is 0.0902. The van der Waals surface area contributed by atoms with Crippen LogP contribution in [0.25, 0.3) is 0 Å². The van der Waals surface area contributed by atoms with Gasteiger partial charge in [0.25, 0.3) is 0 Å². The monoisotopic (exact) mass is 294 g/mol. The largest absolute Gasteiger partial charge is 0.494 e. The smallest absolute Gasteiger partial charge is 0.165 e. The summed E-state index contributed by atoms with van der Waals surface area (Å²) < 4.78 is 18.9. The SMILES string of the molecule is CCCN(Cc1ccc(OC)c(F)c1)C1(CN)CCCC1. The maximum Gasteiger partial charge on any atom is 0.165 e. The maximum atomic E-state index is 13.9. The minimum atomic E-state index is -0.292. The van der Waals surface area contributed by atoms with Crippen LogP contribution in [0.1, 0.15) is 44.6 Å². The van der Waals surface area contributed by atoms with E-state index in [1.807, 2.05) is 6.07 Å². The highest BCUT2D eigenvalue weighted by atomic mass is 19.1. The zero-order chi connectivity index (χ0) is 15.3. The van der Waals surface area contributed by atoms with Crippen molar-refractivity contribution in [2.75, 3.05) is 20.2 Å². The molecule has 0 heterocycles. The number of methoxy groups -OCH3 is 1. The predicted molar refractivity (Wildman–Crippen MR) is 83.9 cm³/mol. The molecule has 0 amide bonds. The van der Waals surface area contributed by atoms with Crippen LogP contribution in [0.5, 0.6) is 5.75 Å². The van der Waals surface area contributed by atoms with Gasteiger partial charge in [0.1, 0.15) is 0 Å². The number of hydrogen-bond acceptors (Lipinski definition) is 3. The molecule has 0 bridgehead atoms. The second-order valence-corrected chi connectivity index (χ2v) is 6.03. The van der Waals surface area contributed by atoms with Gasteiger partial charge in [0.2, 0.25) is 0 Å². The van der Waals surface area contributed by atoms with Crippen molar-refractivity contribution >= 4 is 0 Å². The Labute approximate surface area is 127 Å². The number of benzene rings is 1. The Bertz CT molecular complexity index is 458. The average molecular weight is 294 g/mol. The highest BCUT2D eigenvalue weighted by Crippen LogP contribution is 2.35. The molecule has 1 aliphatic rings. The first-order valence-electron chi connectivity index (χ1n) is 7.93. The van der Waals surface area contributed by atoms with Gasteiger partial charge in [-0.1, -0.05) is 25.8 Å². The molecule has 0 spiro atoms. The summed E-state index contributed by atoms with van der Waals surface area (Å²) in [7, 11) is 1.49. The molecule has 0 unspecified atom stereocenters. The van der Waals surface area contributed by atoms with Crippen LogP contribution in [-0.2, 0) is 6.54 Å². The summed E-state index contributed by atoms with van der Waals surface area (Å²) in [6.45, 7) is 4.63. The first-order valence-corrected chi connectivity index (χ1v) is 7.93. The molecule has 1 aromatic carbocycles. The summed E-state index contributed by atoms with van der Waals surface area (Å²) in [6.07, 6.45) is 5.88. The lowest BCUT2D eigenvalue weighted by atomic mass is 9.94. The van der Waals surface area contributed by atoms with E-state index in [9.17, 15) is 4.39 Å². The Morgan fingerprint density at radius 1 is 1.33 bits per heavy atom. The van der Waals surface area contributed by atoms with Crippen molar-refractivity contribution < 1.29 is 9.13 Å². The highest BCUT2D eigenvalue weighted by molar-refractivity contribution is 5.29. The maximum absolute atomic E-state index is 13.9. The van der Waals surface area contributed by atoms with E-state index in [4.69, 9.17) is 10.5 Å². The van der Waals surface area contributed by atoms with E-state index < -0.39 is 0 Å². The van der Waals surface area contributed by atoms with Crippen LogP contribution in [0.2, 0.25) is 0 Å². The highest BCUT2D eigenvalue weighted by Gasteiger charge is 2.37. The molecule has 118 valence electrons. The fraction of sp³-hybridized carbons (Fsp3) is 0.647. The molecule has 0 aliphatic heterocycles. The molecule has 0 radical (unpaired) electrons. The van der Waals surface area contributed by atoms with Gasteiger partial charge < -0.3 is 10.5 Å². The van der Waals surface area contributed by atoms with Crippen molar-refractivity contribution in [2.24, 2.45) is 5.73 Å². The molecule has 0 saturated heterocycles. The first kappa shape index (κ1) is 16.2. The zero-order valence-electron chi connectivity index (χ0n) is 13.2. The third kappa shape index (κ3) is 3.55. The van der Waals surface area contributed by atoms with Crippen LogP contribution in [0.4, 0.5) is 4.39 Å². The summed E-state index contributed by atoms with van der Waals surface area (Å²) in [5.41, 5.74) is 7.18. The summed E-state index contributed by atoms with van der Waals surface area (Å²) in [4.78, 5) is 2.46. The number of nitrogens with zero attached hydrogens (tertiary/aromatic N) is 1. The van der Waals surface area contributed by atoms with Gasteiger partial charge >= 0.3 is 0 Å². The fourth-order valence-corrected chi connectivity index (χ4v) is 3.47. The van der Waals surface area contributed by atoms with E-state index in [0.29, 0.717) is 12.3 Å². The quantitative estimate of drug-likeness (QED) is 0.838. The van der Waals surface area contributed by atoms with Crippen LogP contribution in [0, 0.1) is 5.82 Å². The van der Waals surface area contributed by atoms with Crippen LogP contribution in [-0.4, -0.2) is 30.6 Å².